The number of likely N-dealkylation sites (tertiary alicyclic amines) is 1. The number of hydrogen-bond donors (Lipinski definition) is 0. The Morgan fingerprint density at radius 1 is 0.957 bits per heavy atom. The molecule has 1 aromatic carbocycles. The lowest BCUT2D eigenvalue weighted by Crippen LogP contribution is -2.44. The van der Waals surface area contributed by atoms with Crippen molar-refractivity contribution in [3.8, 4) is 11.1 Å². The first kappa shape index (κ1) is 34.0. The second-order valence-electron chi connectivity index (χ2n) is 11.9. The monoisotopic (exact) mass is 668 g/mol. The van der Waals surface area contributed by atoms with E-state index in [0.717, 1.165) is 0 Å². The van der Waals surface area contributed by atoms with Crippen molar-refractivity contribution in [1.82, 2.24) is 24.6 Å². The van der Waals surface area contributed by atoms with Crippen LogP contribution in [-0.4, -0.2) is 68.6 Å². The number of hydrogen-bond acceptors (Lipinski definition) is 8. The second-order valence-corrected chi connectivity index (χ2v) is 11.9. The maximum Gasteiger partial charge on any atom is 0.416 e. The number of methoxy groups -OCH3 is 1. The number of alkyl halides is 6. The van der Waals surface area contributed by atoms with Gasteiger partial charge in [0.25, 0.3) is 0 Å². The summed E-state index contributed by atoms with van der Waals surface area (Å²) in [5, 5.41) is 4.12. The van der Waals surface area contributed by atoms with Crippen molar-refractivity contribution in [2.24, 2.45) is 13.0 Å². The van der Waals surface area contributed by atoms with E-state index in [1.807, 2.05) is 6.92 Å². The summed E-state index contributed by atoms with van der Waals surface area (Å²) in [4.78, 5) is 37.1. The highest BCUT2D eigenvalue weighted by Gasteiger charge is 2.43. The molecule has 0 unspecified atom stereocenters. The molecule has 2 aromatic heterocycles. The molecule has 16 heteroatoms. The quantitative estimate of drug-likeness (QED) is 0.195. The highest BCUT2D eigenvalue weighted by molar-refractivity contribution is 5.74. The van der Waals surface area contributed by atoms with Crippen LogP contribution < -0.4 is 4.90 Å². The summed E-state index contributed by atoms with van der Waals surface area (Å²) >= 11 is 0. The van der Waals surface area contributed by atoms with E-state index in [-0.39, 0.29) is 42.1 Å². The molecule has 2 fully saturated rings. The molecule has 47 heavy (non-hydrogen) atoms. The van der Waals surface area contributed by atoms with E-state index in [9.17, 15) is 35.9 Å². The molecule has 254 valence electrons. The highest BCUT2D eigenvalue weighted by atomic mass is 19.4. The van der Waals surface area contributed by atoms with E-state index in [2.05, 4.69) is 15.1 Å². The van der Waals surface area contributed by atoms with Crippen molar-refractivity contribution in [2.45, 2.75) is 76.1 Å². The smallest absolute Gasteiger partial charge is 0.416 e. The Morgan fingerprint density at radius 3 is 2.13 bits per heavy atom. The van der Waals surface area contributed by atoms with Gasteiger partial charge in [-0.2, -0.15) is 31.4 Å². The molecule has 2 aliphatic rings. The number of aryl methyl sites for hydroxylation is 1. The Balaban J connectivity index is 1.45. The minimum Gasteiger partial charge on any atom is -0.469 e. The summed E-state index contributed by atoms with van der Waals surface area (Å²) in [6.45, 7) is 1.60. The lowest BCUT2D eigenvalue weighted by Gasteiger charge is -2.35. The van der Waals surface area contributed by atoms with Crippen molar-refractivity contribution < 1.29 is 45.4 Å². The first-order valence-corrected chi connectivity index (χ1v) is 15.1. The standard InChI is InChI=1S/C31H34F6N6O4/c1-4-5-24-11-25(17-43(24)29(45)47-26-8-19(9-26)27(44)46-3)42(28-38-12-20(13-39-28)21-14-40-41(2)16-21)15-18-6-22(30(32,33)34)10-23(7-18)31(35,36)37/h6-7,10,12-14,16,19,24-26H,4-5,8-9,11,15,17H2,1-3H3/t19?,24-,25+,26?/m1/s1. The zero-order valence-electron chi connectivity index (χ0n) is 25.9. The van der Waals surface area contributed by atoms with Crippen LogP contribution in [0.15, 0.2) is 43.0 Å². The third kappa shape index (κ3) is 7.79. The molecule has 1 saturated carbocycles. The fraction of sp³-hybridized carbons (Fsp3) is 0.516. The number of benzene rings is 1. The second kappa shape index (κ2) is 13.4. The van der Waals surface area contributed by atoms with Gasteiger partial charge in [-0.3, -0.25) is 9.48 Å². The van der Waals surface area contributed by atoms with Crippen LogP contribution in [0.4, 0.5) is 37.1 Å². The number of halogens is 6. The van der Waals surface area contributed by atoms with E-state index >= 15 is 0 Å². The number of esters is 1. The number of rotatable bonds is 9. The van der Waals surface area contributed by atoms with Crippen molar-refractivity contribution in [3.63, 3.8) is 0 Å². The minimum atomic E-state index is -5.02. The van der Waals surface area contributed by atoms with E-state index in [0.29, 0.717) is 55.4 Å². The van der Waals surface area contributed by atoms with Gasteiger partial charge < -0.3 is 19.3 Å². The van der Waals surface area contributed by atoms with E-state index in [4.69, 9.17) is 9.47 Å². The van der Waals surface area contributed by atoms with E-state index < -0.39 is 48.3 Å². The summed E-state index contributed by atoms with van der Waals surface area (Å²) < 4.78 is 94.3. The van der Waals surface area contributed by atoms with E-state index in [1.54, 1.807) is 24.1 Å². The molecule has 3 heterocycles. The van der Waals surface area contributed by atoms with Crippen molar-refractivity contribution >= 4 is 18.0 Å². The molecule has 3 aromatic rings. The minimum absolute atomic E-state index is 0.0649. The Kier molecular flexibility index (Phi) is 9.68. The Bertz CT molecular complexity index is 1540. The number of nitrogens with zero attached hydrogens (tertiary/aromatic N) is 6. The maximum absolute atomic E-state index is 13.7. The number of amides is 1. The number of carbonyl (C=O) groups excluding carboxylic acids is 2. The zero-order valence-corrected chi connectivity index (χ0v) is 25.9. The Labute approximate surface area is 266 Å². The summed E-state index contributed by atoms with van der Waals surface area (Å²) in [7, 11) is 3.02. The topological polar surface area (TPSA) is 103 Å². The van der Waals surface area contributed by atoms with Gasteiger partial charge in [0.1, 0.15) is 6.10 Å². The molecule has 1 aliphatic heterocycles. The normalized spacial score (nSPS) is 21.3. The predicted molar refractivity (Wildman–Crippen MR) is 156 cm³/mol. The molecule has 0 N–H and O–H groups in total. The molecule has 1 aliphatic carbocycles. The molecule has 0 bridgehead atoms. The lowest BCUT2D eigenvalue weighted by molar-refractivity contribution is -0.153. The molecular weight excluding hydrogens is 634 g/mol. The molecule has 2 atom stereocenters. The highest BCUT2D eigenvalue weighted by Crippen LogP contribution is 2.38. The van der Waals surface area contributed by atoms with Gasteiger partial charge in [-0.25, -0.2) is 14.8 Å². The van der Waals surface area contributed by atoms with Crippen molar-refractivity contribution in [3.05, 3.63) is 59.7 Å². The van der Waals surface area contributed by atoms with Gasteiger partial charge in [0, 0.05) is 55.9 Å². The molecule has 1 saturated heterocycles. The Hall–Kier alpha value is -4.37. The number of anilines is 1. The summed E-state index contributed by atoms with van der Waals surface area (Å²) in [5.41, 5.74) is -1.79. The fourth-order valence-corrected chi connectivity index (χ4v) is 6.04. The molecular formula is C31H34F6N6O4. The van der Waals surface area contributed by atoms with Gasteiger partial charge in [0.2, 0.25) is 5.95 Å². The third-order valence-corrected chi connectivity index (χ3v) is 8.52. The zero-order chi connectivity index (χ0) is 34.1. The molecule has 10 nitrogen and oxygen atoms in total. The molecule has 0 radical (unpaired) electrons. The molecule has 0 spiro atoms. The lowest BCUT2D eigenvalue weighted by atomic mass is 9.82. The van der Waals surface area contributed by atoms with Crippen LogP contribution in [0.1, 0.15) is 55.7 Å². The molecule has 5 rings (SSSR count). The van der Waals surface area contributed by atoms with E-state index in [1.165, 1.54) is 29.3 Å². The SMILES string of the molecule is CCC[C@@H]1C[C@H](N(Cc2cc(C(F)(F)F)cc(C(F)(F)F)c2)c2ncc(-c3cnn(C)c3)cn2)CN1C(=O)OC1CC(C(=O)OC)C1. The van der Waals surface area contributed by atoms with Crippen LogP contribution >= 0.6 is 0 Å². The van der Waals surface area contributed by atoms with Gasteiger partial charge >= 0.3 is 24.4 Å². The summed E-state index contributed by atoms with van der Waals surface area (Å²) in [6, 6.07) is 0.564. The average molecular weight is 669 g/mol. The number of carbonyl (C=O) groups is 2. The largest absolute Gasteiger partial charge is 0.469 e. The fourth-order valence-electron chi connectivity index (χ4n) is 6.04. The third-order valence-electron chi connectivity index (χ3n) is 8.52. The average Bonchev–Trinajstić information content (AvgIpc) is 3.63. The van der Waals surface area contributed by atoms with Gasteiger partial charge in [0.05, 0.1) is 36.4 Å². The number of ether oxygens (including phenoxy) is 2. The Morgan fingerprint density at radius 2 is 1.60 bits per heavy atom. The summed E-state index contributed by atoms with van der Waals surface area (Å²) in [6.07, 6.45) is -2.49. The maximum atomic E-state index is 13.7. The van der Waals surface area contributed by atoms with Crippen LogP contribution in [0.25, 0.3) is 11.1 Å². The van der Waals surface area contributed by atoms with Crippen LogP contribution in [0.3, 0.4) is 0 Å². The number of aromatic nitrogens is 4. The van der Waals surface area contributed by atoms with Crippen LogP contribution in [0.5, 0.6) is 0 Å². The van der Waals surface area contributed by atoms with Crippen molar-refractivity contribution in [2.75, 3.05) is 18.6 Å². The van der Waals surface area contributed by atoms with Gasteiger partial charge in [-0.05, 0) is 49.4 Å². The predicted octanol–water partition coefficient (Wildman–Crippen LogP) is 6.25. The van der Waals surface area contributed by atoms with Gasteiger partial charge in [-0.1, -0.05) is 13.3 Å². The molecule has 1 amide bonds. The summed E-state index contributed by atoms with van der Waals surface area (Å²) in [5.74, 6) is -0.665. The van der Waals surface area contributed by atoms with Crippen LogP contribution in [0, 0.1) is 5.92 Å². The van der Waals surface area contributed by atoms with Gasteiger partial charge in [0.15, 0.2) is 0 Å². The van der Waals surface area contributed by atoms with Crippen LogP contribution in [-0.2, 0) is 40.2 Å². The van der Waals surface area contributed by atoms with Crippen molar-refractivity contribution in [1.29, 1.82) is 0 Å². The first-order valence-electron chi connectivity index (χ1n) is 15.1. The van der Waals surface area contributed by atoms with Crippen LogP contribution in [0.2, 0.25) is 0 Å². The van der Waals surface area contributed by atoms with Gasteiger partial charge in [-0.15, -0.1) is 0 Å². The first-order chi connectivity index (χ1) is 22.2.